The minimum Gasteiger partial charge on any atom is -0.382 e. The van der Waals surface area contributed by atoms with Crippen molar-refractivity contribution < 1.29 is 18.8 Å². The fourth-order valence-corrected chi connectivity index (χ4v) is 2.39. The number of rotatable bonds is 10. The summed E-state index contributed by atoms with van der Waals surface area (Å²) in [5.74, 6) is 0.364. The molecule has 2 rings (SSSR count). The highest BCUT2D eigenvalue weighted by atomic mass is 16.5. The highest BCUT2D eigenvalue weighted by Gasteiger charge is 2.16. The third-order valence-electron chi connectivity index (χ3n) is 3.68. The molecule has 0 unspecified atom stereocenters. The number of nitrogens with zero attached hydrogens (tertiary/aromatic N) is 2. The van der Waals surface area contributed by atoms with Gasteiger partial charge in [-0.2, -0.15) is 0 Å². The molecule has 0 bridgehead atoms. The van der Waals surface area contributed by atoms with Crippen molar-refractivity contribution in [2.75, 3.05) is 31.6 Å². The van der Waals surface area contributed by atoms with Crippen LogP contribution < -0.4 is 5.32 Å². The largest absolute Gasteiger partial charge is 0.382 e. The number of aryl methyl sites for hydroxylation is 1. The number of hydrogen-bond acceptors (Lipinski definition) is 5. The van der Waals surface area contributed by atoms with E-state index < -0.39 is 0 Å². The molecule has 0 aliphatic heterocycles. The summed E-state index contributed by atoms with van der Waals surface area (Å²) in [6.45, 7) is 5.15. The van der Waals surface area contributed by atoms with Crippen LogP contribution in [0, 0.1) is 6.92 Å². The Bertz CT molecular complexity index is 756. The van der Waals surface area contributed by atoms with Gasteiger partial charge in [-0.1, -0.05) is 35.5 Å². The minimum absolute atomic E-state index is 0.0734. The SMILES string of the molecule is CCOCCCN(CC(=O)Nc1cc(C)on1)C(=O)C=Cc1ccccc1. The van der Waals surface area contributed by atoms with Crippen molar-refractivity contribution in [1.29, 1.82) is 0 Å². The fourth-order valence-electron chi connectivity index (χ4n) is 2.39. The summed E-state index contributed by atoms with van der Waals surface area (Å²) in [6.07, 6.45) is 3.86. The summed E-state index contributed by atoms with van der Waals surface area (Å²) in [7, 11) is 0. The number of carbonyl (C=O) groups excluding carboxylic acids is 2. The number of hydrogen-bond donors (Lipinski definition) is 1. The molecule has 144 valence electrons. The second-order valence-corrected chi connectivity index (χ2v) is 5.93. The molecule has 1 aromatic carbocycles. The predicted octanol–water partition coefficient (Wildman–Crippen LogP) is 2.89. The van der Waals surface area contributed by atoms with Gasteiger partial charge in [0.05, 0.1) is 0 Å². The first-order chi connectivity index (χ1) is 13.1. The summed E-state index contributed by atoms with van der Waals surface area (Å²) < 4.78 is 10.2. The van der Waals surface area contributed by atoms with Gasteiger partial charge in [0.15, 0.2) is 5.82 Å². The van der Waals surface area contributed by atoms with Crippen LogP contribution in [0.15, 0.2) is 47.0 Å². The van der Waals surface area contributed by atoms with Crippen molar-refractivity contribution in [3.05, 3.63) is 53.8 Å². The average molecular weight is 371 g/mol. The second kappa shape index (κ2) is 10.9. The van der Waals surface area contributed by atoms with E-state index >= 15 is 0 Å². The van der Waals surface area contributed by atoms with Crippen molar-refractivity contribution in [1.82, 2.24) is 10.1 Å². The predicted molar refractivity (Wildman–Crippen MR) is 103 cm³/mol. The van der Waals surface area contributed by atoms with E-state index in [4.69, 9.17) is 9.26 Å². The van der Waals surface area contributed by atoms with Crippen molar-refractivity contribution in [2.45, 2.75) is 20.3 Å². The molecule has 0 aliphatic rings. The summed E-state index contributed by atoms with van der Waals surface area (Å²) >= 11 is 0. The van der Waals surface area contributed by atoms with Crippen LogP contribution in [0.25, 0.3) is 6.08 Å². The molecule has 27 heavy (non-hydrogen) atoms. The lowest BCUT2D eigenvalue weighted by molar-refractivity contribution is -0.130. The maximum atomic E-state index is 12.6. The van der Waals surface area contributed by atoms with E-state index in [9.17, 15) is 9.59 Å². The smallest absolute Gasteiger partial charge is 0.247 e. The molecule has 1 N–H and O–H groups in total. The molecule has 0 radical (unpaired) electrons. The molecule has 2 aromatic rings. The van der Waals surface area contributed by atoms with Gasteiger partial charge in [-0.25, -0.2) is 0 Å². The minimum atomic E-state index is -0.332. The number of amides is 2. The molecular formula is C20H25N3O4. The van der Waals surface area contributed by atoms with Crippen molar-refractivity contribution in [3.8, 4) is 0 Å². The van der Waals surface area contributed by atoms with E-state index in [1.54, 1.807) is 19.1 Å². The third-order valence-corrected chi connectivity index (χ3v) is 3.68. The van der Waals surface area contributed by atoms with Crippen LogP contribution in [-0.4, -0.2) is 48.2 Å². The van der Waals surface area contributed by atoms with Gasteiger partial charge >= 0.3 is 0 Å². The Morgan fingerprint density at radius 3 is 2.74 bits per heavy atom. The quantitative estimate of drug-likeness (QED) is 0.513. The molecule has 2 amide bonds. The molecule has 0 saturated heterocycles. The van der Waals surface area contributed by atoms with Gasteiger partial charge in [0.25, 0.3) is 0 Å². The first kappa shape index (κ1) is 20.4. The highest BCUT2D eigenvalue weighted by Crippen LogP contribution is 2.08. The van der Waals surface area contributed by atoms with Crippen LogP contribution >= 0.6 is 0 Å². The number of anilines is 1. The molecule has 0 fully saturated rings. The number of aromatic nitrogens is 1. The first-order valence-corrected chi connectivity index (χ1v) is 8.91. The lowest BCUT2D eigenvalue weighted by Gasteiger charge is -2.20. The van der Waals surface area contributed by atoms with E-state index in [0.717, 1.165) is 5.56 Å². The second-order valence-electron chi connectivity index (χ2n) is 5.93. The summed E-state index contributed by atoms with van der Waals surface area (Å²) in [5, 5.41) is 6.36. The maximum Gasteiger partial charge on any atom is 0.247 e. The highest BCUT2D eigenvalue weighted by molar-refractivity contribution is 5.97. The zero-order valence-electron chi connectivity index (χ0n) is 15.7. The van der Waals surface area contributed by atoms with E-state index in [-0.39, 0.29) is 18.4 Å². The fraction of sp³-hybridized carbons (Fsp3) is 0.350. The van der Waals surface area contributed by atoms with Gasteiger partial charge in [0.1, 0.15) is 12.3 Å². The Balaban J connectivity index is 1.97. The molecule has 0 atom stereocenters. The molecular weight excluding hydrogens is 346 g/mol. The van der Waals surface area contributed by atoms with Crippen LogP contribution in [-0.2, 0) is 14.3 Å². The van der Waals surface area contributed by atoms with E-state index in [1.165, 1.54) is 11.0 Å². The molecule has 1 heterocycles. The van der Waals surface area contributed by atoms with Gasteiger partial charge in [0.2, 0.25) is 11.8 Å². The van der Waals surface area contributed by atoms with E-state index in [2.05, 4.69) is 10.5 Å². The van der Waals surface area contributed by atoms with Crippen molar-refractivity contribution in [3.63, 3.8) is 0 Å². The van der Waals surface area contributed by atoms with Crippen molar-refractivity contribution >= 4 is 23.7 Å². The summed E-state index contributed by atoms with van der Waals surface area (Å²) in [4.78, 5) is 26.3. The number of nitrogens with one attached hydrogen (secondary N) is 1. The molecule has 0 spiro atoms. The number of ether oxygens (including phenoxy) is 1. The van der Waals surface area contributed by atoms with Crippen LogP contribution in [0.1, 0.15) is 24.7 Å². The van der Waals surface area contributed by atoms with Crippen LogP contribution in [0.5, 0.6) is 0 Å². The molecule has 1 aromatic heterocycles. The Morgan fingerprint density at radius 2 is 2.07 bits per heavy atom. The summed E-state index contributed by atoms with van der Waals surface area (Å²) in [5.41, 5.74) is 0.919. The van der Waals surface area contributed by atoms with E-state index in [0.29, 0.717) is 37.8 Å². The normalized spacial score (nSPS) is 10.9. The van der Waals surface area contributed by atoms with E-state index in [1.807, 2.05) is 37.3 Å². The Kier molecular flexibility index (Phi) is 8.25. The number of carbonyl (C=O) groups is 2. The van der Waals surface area contributed by atoms with Gasteiger partial charge < -0.3 is 19.5 Å². The van der Waals surface area contributed by atoms with Gasteiger partial charge in [-0.15, -0.1) is 0 Å². The standard InChI is InChI=1S/C20H25N3O4/c1-3-26-13-7-12-23(15-19(24)21-18-14-16(2)27-22-18)20(25)11-10-17-8-5-4-6-9-17/h4-6,8-11,14H,3,7,12-13,15H2,1-2H3,(H,21,22,24). The monoisotopic (exact) mass is 371 g/mol. The van der Waals surface area contributed by atoms with Gasteiger partial charge in [0, 0.05) is 31.9 Å². The van der Waals surface area contributed by atoms with Gasteiger partial charge in [-0.05, 0) is 31.9 Å². The van der Waals surface area contributed by atoms with Crippen LogP contribution in [0.3, 0.4) is 0 Å². The van der Waals surface area contributed by atoms with Gasteiger partial charge in [-0.3, -0.25) is 9.59 Å². The lowest BCUT2D eigenvalue weighted by atomic mass is 10.2. The molecule has 0 saturated carbocycles. The first-order valence-electron chi connectivity index (χ1n) is 8.91. The maximum absolute atomic E-state index is 12.6. The summed E-state index contributed by atoms with van der Waals surface area (Å²) in [6, 6.07) is 11.1. The lowest BCUT2D eigenvalue weighted by Crippen LogP contribution is -2.38. The zero-order valence-corrected chi connectivity index (χ0v) is 15.7. The third kappa shape index (κ3) is 7.45. The molecule has 7 nitrogen and oxygen atoms in total. The average Bonchev–Trinajstić information content (AvgIpc) is 3.07. The Labute approximate surface area is 159 Å². The molecule has 0 aliphatic carbocycles. The zero-order chi connectivity index (χ0) is 19.5. The van der Waals surface area contributed by atoms with Crippen LogP contribution in [0.4, 0.5) is 5.82 Å². The van der Waals surface area contributed by atoms with Crippen molar-refractivity contribution in [2.24, 2.45) is 0 Å². The Hall–Kier alpha value is -2.93. The van der Waals surface area contributed by atoms with Crippen LogP contribution in [0.2, 0.25) is 0 Å². The Morgan fingerprint density at radius 1 is 1.30 bits per heavy atom. The molecule has 7 heteroatoms. The topological polar surface area (TPSA) is 84.7 Å². The number of benzene rings is 1.